The van der Waals surface area contributed by atoms with Crippen molar-refractivity contribution in [3.8, 4) is 10.6 Å². The summed E-state index contributed by atoms with van der Waals surface area (Å²) in [7, 11) is -4.00. The fourth-order valence-electron chi connectivity index (χ4n) is 1.84. The molecule has 0 aliphatic heterocycles. The van der Waals surface area contributed by atoms with Crippen molar-refractivity contribution >= 4 is 84.2 Å². The Morgan fingerprint density at radius 2 is 1.71 bits per heavy atom. The molecule has 0 saturated heterocycles. The standard InChI is InChI=1S/C13H6Cl4N2O2S3/c14-6-3-7(15)12(8(16)4-6)24(20,21)19-13-18-9(5-22-13)10-1-2-11(17)23-10/h1-5H,(H,18,19). The van der Waals surface area contributed by atoms with Crippen LogP contribution in [0.2, 0.25) is 19.4 Å². The summed E-state index contributed by atoms with van der Waals surface area (Å²) in [5.74, 6) is 0. The molecular weight excluding hydrogens is 454 g/mol. The van der Waals surface area contributed by atoms with Gasteiger partial charge in [-0.3, -0.25) is 4.72 Å². The molecule has 0 spiro atoms. The summed E-state index contributed by atoms with van der Waals surface area (Å²) in [6.07, 6.45) is 0. The summed E-state index contributed by atoms with van der Waals surface area (Å²) in [6.45, 7) is 0. The monoisotopic (exact) mass is 458 g/mol. The molecule has 3 aromatic rings. The third-order valence-corrected chi connectivity index (χ3v) is 7.40. The van der Waals surface area contributed by atoms with Crippen LogP contribution in [-0.2, 0) is 10.0 Å². The Bertz CT molecular complexity index is 991. The minimum Gasteiger partial charge on any atom is -0.255 e. The quantitative estimate of drug-likeness (QED) is 0.498. The second kappa shape index (κ2) is 6.99. The second-order valence-corrected chi connectivity index (χ2v) is 9.89. The molecule has 11 heteroatoms. The number of sulfonamides is 1. The summed E-state index contributed by atoms with van der Waals surface area (Å²) in [6, 6.07) is 6.18. The van der Waals surface area contributed by atoms with Gasteiger partial charge in [-0.05, 0) is 24.3 Å². The Kier molecular flexibility index (Phi) is 5.32. The summed E-state index contributed by atoms with van der Waals surface area (Å²) in [5, 5.41) is 2.03. The van der Waals surface area contributed by atoms with E-state index in [1.807, 2.05) is 6.07 Å². The number of benzene rings is 1. The summed E-state index contributed by atoms with van der Waals surface area (Å²) in [5.41, 5.74) is 0.628. The molecule has 0 atom stereocenters. The molecule has 0 saturated carbocycles. The highest BCUT2D eigenvalue weighted by molar-refractivity contribution is 7.93. The van der Waals surface area contributed by atoms with Gasteiger partial charge < -0.3 is 0 Å². The largest absolute Gasteiger partial charge is 0.266 e. The lowest BCUT2D eigenvalue weighted by Crippen LogP contribution is -2.14. The molecule has 0 bridgehead atoms. The number of thiazole rings is 1. The molecular formula is C13H6Cl4N2O2S3. The van der Waals surface area contributed by atoms with Crippen LogP contribution in [0.3, 0.4) is 0 Å². The first-order chi connectivity index (χ1) is 11.3. The number of anilines is 1. The number of halogens is 4. The Balaban J connectivity index is 1.92. The van der Waals surface area contributed by atoms with E-state index in [2.05, 4.69) is 9.71 Å². The van der Waals surface area contributed by atoms with E-state index in [4.69, 9.17) is 46.4 Å². The molecule has 0 radical (unpaired) electrons. The first kappa shape index (κ1) is 18.3. The number of aromatic nitrogens is 1. The summed E-state index contributed by atoms with van der Waals surface area (Å²) < 4.78 is 28.1. The average molecular weight is 460 g/mol. The fraction of sp³-hybridized carbons (Fsp3) is 0. The van der Waals surface area contributed by atoms with Crippen LogP contribution in [0.15, 0.2) is 34.5 Å². The molecule has 0 unspecified atom stereocenters. The molecule has 4 nitrogen and oxygen atoms in total. The number of nitrogens with zero attached hydrogens (tertiary/aromatic N) is 1. The van der Waals surface area contributed by atoms with Gasteiger partial charge in [-0.2, -0.15) is 0 Å². The molecule has 3 rings (SSSR count). The van der Waals surface area contributed by atoms with Gasteiger partial charge in [0.1, 0.15) is 4.90 Å². The minimum atomic E-state index is -4.00. The zero-order valence-corrected chi connectivity index (χ0v) is 16.9. The Morgan fingerprint density at radius 3 is 2.29 bits per heavy atom. The predicted octanol–water partition coefficient (Wildman–Crippen LogP) is 6.29. The zero-order chi connectivity index (χ0) is 17.5. The van der Waals surface area contributed by atoms with Crippen LogP contribution >= 0.6 is 69.1 Å². The Labute approximate surface area is 166 Å². The van der Waals surface area contributed by atoms with Crippen LogP contribution in [-0.4, -0.2) is 13.4 Å². The van der Waals surface area contributed by atoms with Crippen molar-refractivity contribution in [1.29, 1.82) is 0 Å². The van der Waals surface area contributed by atoms with Crippen LogP contribution in [0.1, 0.15) is 0 Å². The number of hydrogen-bond donors (Lipinski definition) is 1. The molecule has 2 aromatic heterocycles. The van der Waals surface area contributed by atoms with Gasteiger partial charge in [-0.25, -0.2) is 13.4 Å². The zero-order valence-electron chi connectivity index (χ0n) is 11.4. The van der Waals surface area contributed by atoms with E-state index in [1.54, 1.807) is 11.4 Å². The third kappa shape index (κ3) is 3.83. The van der Waals surface area contributed by atoms with Crippen molar-refractivity contribution < 1.29 is 8.42 Å². The summed E-state index contributed by atoms with van der Waals surface area (Å²) in [4.78, 5) is 4.84. The lowest BCUT2D eigenvalue weighted by Gasteiger charge is -2.09. The highest BCUT2D eigenvalue weighted by Crippen LogP contribution is 2.36. The Hall–Kier alpha value is -0.540. The van der Waals surface area contributed by atoms with Gasteiger partial charge in [0.15, 0.2) is 5.13 Å². The average Bonchev–Trinajstić information content (AvgIpc) is 3.05. The van der Waals surface area contributed by atoms with E-state index < -0.39 is 10.0 Å². The van der Waals surface area contributed by atoms with Crippen LogP contribution in [0.4, 0.5) is 5.13 Å². The molecule has 1 N–H and O–H groups in total. The van der Waals surface area contributed by atoms with E-state index in [0.717, 1.165) is 16.2 Å². The van der Waals surface area contributed by atoms with Crippen molar-refractivity contribution in [2.45, 2.75) is 4.90 Å². The molecule has 2 heterocycles. The fourth-order valence-corrected chi connectivity index (χ4v) is 6.43. The van der Waals surface area contributed by atoms with Crippen molar-refractivity contribution in [3.63, 3.8) is 0 Å². The van der Waals surface area contributed by atoms with Crippen molar-refractivity contribution in [1.82, 2.24) is 4.98 Å². The SMILES string of the molecule is O=S(=O)(Nc1nc(-c2ccc(Cl)s2)cs1)c1c(Cl)cc(Cl)cc1Cl. The van der Waals surface area contributed by atoms with Crippen molar-refractivity contribution in [3.05, 3.63) is 49.0 Å². The third-order valence-electron chi connectivity index (χ3n) is 2.78. The molecule has 0 aliphatic carbocycles. The van der Waals surface area contributed by atoms with E-state index in [0.29, 0.717) is 10.0 Å². The van der Waals surface area contributed by atoms with Crippen LogP contribution in [0.5, 0.6) is 0 Å². The maximum Gasteiger partial charge on any atom is 0.266 e. The number of nitrogens with one attached hydrogen (secondary N) is 1. The van der Waals surface area contributed by atoms with E-state index in [9.17, 15) is 8.42 Å². The van der Waals surface area contributed by atoms with Crippen molar-refractivity contribution in [2.24, 2.45) is 0 Å². The lowest BCUT2D eigenvalue weighted by molar-refractivity contribution is 0.601. The maximum atomic E-state index is 12.5. The minimum absolute atomic E-state index is 0.0678. The first-order valence-electron chi connectivity index (χ1n) is 6.15. The lowest BCUT2D eigenvalue weighted by atomic mass is 10.4. The van der Waals surface area contributed by atoms with E-state index in [1.165, 1.54) is 23.5 Å². The number of hydrogen-bond acceptors (Lipinski definition) is 5. The second-order valence-electron chi connectivity index (χ2n) is 4.45. The van der Waals surface area contributed by atoms with Gasteiger partial charge in [-0.1, -0.05) is 46.4 Å². The van der Waals surface area contributed by atoms with Gasteiger partial charge in [0.25, 0.3) is 10.0 Å². The number of rotatable bonds is 4. The molecule has 24 heavy (non-hydrogen) atoms. The maximum absolute atomic E-state index is 12.5. The Morgan fingerprint density at radius 1 is 1.04 bits per heavy atom. The van der Waals surface area contributed by atoms with Gasteiger partial charge in [-0.15, -0.1) is 22.7 Å². The number of thiophene rings is 1. The summed E-state index contributed by atoms with van der Waals surface area (Å²) >= 11 is 26.1. The first-order valence-corrected chi connectivity index (χ1v) is 10.8. The van der Waals surface area contributed by atoms with Gasteiger partial charge in [0.05, 0.1) is 25.0 Å². The van der Waals surface area contributed by atoms with Crippen LogP contribution < -0.4 is 4.72 Å². The normalized spacial score (nSPS) is 11.7. The molecule has 0 amide bonds. The van der Waals surface area contributed by atoms with Crippen molar-refractivity contribution in [2.75, 3.05) is 4.72 Å². The van der Waals surface area contributed by atoms with Gasteiger partial charge >= 0.3 is 0 Å². The highest BCUT2D eigenvalue weighted by atomic mass is 35.5. The predicted molar refractivity (Wildman–Crippen MR) is 103 cm³/mol. The van der Waals surface area contributed by atoms with Gasteiger partial charge in [0, 0.05) is 10.4 Å². The van der Waals surface area contributed by atoms with Crippen LogP contribution in [0, 0.1) is 0 Å². The molecule has 1 aromatic carbocycles. The van der Waals surface area contributed by atoms with Gasteiger partial charge in [0.2, 0.25) is 0 Å². The van der Waals surface area contributed by atoms with Crippen LogP contribution in [0.25, 0.3) is 10.6 Å². The van der Waals surface area contributed by atoms with E-state index in [-0.39, 0.29) is 25.1 Å². The smallest absolute Gasteiger partial charge is 0.255 e. The molecule has 0 aliphatic rings. The topological polar surface area (TPSA) is 59.1 Å². The molecule has 126 valence electrons. The van der Waals surface area contributed by atoms with E-state index >= 15 is 0 Å². The highest BCUT2D eigenvalue weighted by Gasteiger charge is 2.24. The molecule has 0 fully saturated rings.